The van der Waals surface area contributed by atoms with Crippen LogP contribution in [-0.4, -0.2) is 17.1 Å². The van der Waals surface area contributed by atoms with Crippen molar-refractivity contribution < 1.29 is 9.90 Å². The molecule has 16 heavy (non-hydrogen) atoms. The number of hydrogen-bond donors (Lipinski definition) is 2. The molecule has 0 saturated heterocycles. The molecule has 3 heteroatoms. The summed E-state index contributed by atoms with van der Waals surface area (Å²) >= 11 is 0. The van der Waals surface area contributed by atoms with Crippen molar-refractivity contribution in [2.45, 2.75) is 32.7 Å². The SMILES string of the molecule is Cc1ccc(NC(C(=O)O)C2CC2)cc1C. The number of aryl methyl sites for hydroxylation is 2. The van der Waals surface area contributed by atoms with E-state index in [1.54, 1.807) is 0 Å². The molecule has 3 nitrogen and oxygen atoms in total. The van der Waals surface area contributed by atoms with Gasteiger partial charge in [0.15, 0.2) is 0 Å². The summed E-state index contributed by atoms with van der Waals surface area (Å²) in [6.07, 6.45) is 2.05. The van der Waals surface area contributed by atoms with E-state index in [4.69, 9.17) is 5.11 Å². The van der Waals surface area contributed by atoms with Crippen molar-refractivity contribution in [2.24, 2.45) is 5.92 Å². The Morgan fingerprint density at radius 2 is 2.06 bits per heavy atom. The van der Waals surface area contributed by atoms with Gasteiger partial charge in [0.1, 0.15) is 6.04 Å². The molecular formula is C13H17NO2. The molecule has 1 aliphatic carbocycles. The first kappa shape index (κ1) is 11.0. The van der Waals surface area contributed by atoms with Gasteiger partial charge in [0.05, 0.1) is 0 Å². The Labute approximate surface area is 95.5 Å². The van der Waals surface area contributed by atoms with E-state index in [1.807, 2.05) is 25.1 Å². The second kappa shape index (κ2) is 4.16. The Bertz CT molecular complexity index is 410. The predicted molar refractivity (Wildman–Crippen MR) is 63.7 cm³/mol. The number of benzene rings is 1. The van der Waals surface area contributed by atoms with Gasteiger partial charge in [-0.2, -0.15) is 0 Å². The summed E-state index contributed by atoms with van der Waals surface area (Å²) in [6, 6.07) is 5.54. The molecule has 0 bridgehead atoms. The van der Waals surface area contributed by atoms with E-state index in [2.05, 4.69) is 12.2 Å². The van der Waals surface area contributed by atoms with E-state index in [0.29, 0.717) is 5.92 Å². The van der Waals surface area contributed by atoms with Crippen LogP contribution in [0.3, 0.4) is 0 Å². The van der Waals surface area contributed by atoms with Crippen LogP contribution < -0.4 is 5.32 Å². The fraction of sp³-hybridized carbons (Fsp3) is 0.462. The zero-order valence-corrected chi connectivity index (χ0v) is 9.66. The molecule has 1 saturated carbocycles. The number of hydrogen-bond acceptors (Lipinski definition) is 2. The third-order valence-electron chi connectivity index (χ3n) is 3.19. The molecule has 0 radical (unpaired) electrons. The first-order valence-corrected chi connectivity index (χ1v) is 5.64. The lowest BCUT2D eigenvalue weighted by atomic mass is 10.1. The quantitative estimate of drug-likeness (QED) is 0.818. The molecule has 0 aromatic heterocycles. The van der Waals surface area contributed by atoms with E-state index in [9.17, 15) is 4.79 Å². The molecule has 1 aromatic carbocycles. The van der Waals surface area contributed by atoms with Gasteiger partial charge in [-0.1, -0.05) is 6.07 Å². The average Bonchev–Trinajstić information content (AvgIpc) is 3.03. The number of carbonyl (C=O) groups is 1. The lowest BCUT2D eigenvalue weighted by molar-refractivity contribution is -0.138. The molecule has 1 unspecified atom stereocenters. The molecule has 0 amide bonds. The monoisotopic (exact) mass is 219 g/mol. The number of rotatable bonds is 4. The van der Waals surface area contributed by atoms with Gasteiger partial charge in [-0.25, -0.2) is 4.79 Å². The van der Waals surface area contributed by atoms with Crippen molar-refractivity contribution in [3.8, 4) is 0 Å². The third-order valence-corrected chi connectivity index (χ3v) is 3.19. The summed E-state index contributed by atoms with van der Waals surface area (Å²) < 4.78 is 0. The lowest BCUT2D eigenvalue weighted by Gasteiger charge is -2.15. The van der Waals surface area contributed by atoms with Crippen molar-refractivity contribution in [3.63, 3.8) is 0 Å². The van der Waals surface area contributed by atoms with E-state index in [1.165, 1.54) is 11.1 Å². The molecule has 1 aliphatic rings. The zero-order chi connectivity index (χ0) is 11.7. The molecule has 0 spiro atoms. The van der Waals surface area contributed by atoms with Crippen molar-refractivity contribution in [1.29, 1.82) is 0 Å². The van der Waals surface area contributed by atoms with Crippen LogP contribution in [0.2, 0.25) is 0 Å². The normalized spacial score (nSPS) is 16.9. The van der Waals surface area contributed by atoms with Gasteiger partial charge < -0.3 is 10.4 Å². The number of carboxylic acids is 1. The van der Waals surface area contributed by atoms with Gasteiger partial charge in [0, 0.05) is 5.69 Å². The van der Waals surface area contributed by atoms with Crippen molar-refractivity contribution in [2.75, 3.05) is 5.32 Å². The van der Waals surface area contributed by atoms with Crippen molar-refractivity contribution in [1.82, 2.24) is 0 Å². The second-order valence-corrected chi connectivity index (χ2v) is 4.60. The third kappa shape index (κ3) is 2.35. The first-order valence-electron chi connectivity index (χ1n) is 5.64. The van der Waals surface area contributed by atoms with Gasteiger partial charge >= 0.3 is 5.97 Å². The summed E-state index contributed by atoms with van der Waals surface area (Å²) in [6.45, 7) is 4.09. The molecule has 86 valence electrons. The minimum atomic E-state index is -0.749. The molecule has 1 fully saturated rings. The van der Waals surface area contributed by atoms with E-state index in [0.717, 1.165) is 18.5 Å². The smallest absolute Gasteiger partial charge is 0.326 e. The molecule has 2 N–H and O–H groups in total. The van der Waals surface area contributed by atoms with Crippen LogP contribution in [0.25, 0.3) is 0 Å². The number of nitrogens with one attached hydrogen (secondary N) is 1. The highest BCUT2D eigenvalue weighted by atomic mass is 16.4. The molecular weight excluding hydrogens is 202 g/mol. The highest BCUT2D eigenvalue weighted by Crippen LogP contribution is 2.34. The first-order chi connectivity index (χ1) is 7.58. The van der Waals surface area contributed by atoms with E-state index >= 15 is 0 Å². The van der Waals surface area contributed by atoms with Crippen LogP contribution in [0.4, 0.5) is 5.69 Å². The predicted octanol–water partition coefficient (Wildman–Crippen LogP) is 2.58. The molecule has 0 aliphatic heterocycles. The number of aliphatic carboxylic acids is 1. The van der Waals surface area contributed by atoms with Crippen LogP contribution in [-0.2, 0) is 4.79 Å². The van der Waals surface area contributed by atoms with Crippen molar-refractivity contribution in [3.05, 3.63) is 29.3 Å². The van der Waals surface area contributed by atoms with Crippen LogP contribution in [0.1, 0.15) is 24.0 Å². The Morgan fingerprint density at radius 3 is 2.56 bits per heavy atom. The average molecular weight is 219 g/mol. The Hall–Kier alpha value is -1.51. The Balaban J connectivity index is 2.12. The molecule has 2 rings (SSSR count). The van der Waals surface area contributed by atoms with E-state index < -0.39 is 12.0 Å². The Morgan fingerprint density at radius 1 is 1.38 bits per heavy atom. The van der Waals surface area contributed by atoms with Crippen molar-refractivity contribution >= 4 is 11.7 Å². The van der Waals surface area contributed by atoms with Crippen LogP contribution in [0.5, 0.6) is 0 Å². The topological polar surface area (TPSA) is 49.3 Å². The largest absolute Gasteiger partial charge is 0.480 e. The summed E-state index contributed by atoms with van der Waals surface area (Å²) in [4.78, 5) is 11.1. The molecule has 0 heterocycles. The van der Waals surface area contributed by atoms with Gasteiger partial charge in [0.25, 0.3) is 0 Å². The lowest BCUT2D eigenvalue weighted by Crippen LogP contribution is -2.31. The molecule has 1 atom stereocenters. The van der Waals surface area contributed by atoms with Gasteiger partial charge in [-0.3, -0.25) is 0 Å². The zero-order valence-electron chi connectivity index (χ0n) is 9.66. The molecule has 1 aromatic rings. The van der Waals surface area contributed by atoms with Gasteiger partial charge in [0.2, 0.25) is 0 Å². The minimum absolute atomic E-state index is 0.305. The van der Waals surface area contributed by atoms with Gasteiger partial charge in [-0.15, -0.1) is 0 Å². The van der Waals surface area contributed by atoms with Crippen LogP contribution in [0, 0.1) is 19.8 Å². The van der Waals surface area contributed by atoms with E-state index in [-0.39, 0.29) is 0 Å². The summed E-state index contributed by atoms with van der Waals surface area (Å²) in [5, 5.41) is 12.2. The van der Waals surface area contributed by atoms with Crippen LogP contribution >= 0.6 is 0 Å². The van der Waals surface area contributed by atoms with Gasteiger partial charge in [-0.05, 0) is 55.9 Å². The summed E-state index contributed by atoms with van der Waals surface area (Å²) in [5.74, 6) is -0.445. The maximum absolute atomic E-state index is 11.1. The maximum atomic E-state index is 11.1. The second-order valence-electron chi connectivity index (χ2n) is 4.60. The van der Waals surface area contributed by atoms with Crippen LogP contribution in [0.15, 0.2) is 18.2 Å². The Kier molecular flexibility index (Phi) is 2.86. The number of carboxylic acid groups (broad SMARTS) is 1. The highest BCUT2D eigenvalue weighted by Gasteiger charge is 2.36. The standard InChI is InChI=1S/C13H17NO2/c1-8-3-6-11(7-9(8)2)14-12(13(15)16)10-4-5-10/h3,6-7,10,12,14H,4-5H2,1-2H3,(H,15,16). The maximum Gasteiger partial charge on any atom is 0.326 e. The summed E-state index contributed by atoms with van der Waals surface area (Å²) in [7, 11) is 0. The fourth-order valence-electron chi connectivity index (χ4n) is 1.82. The fourth-order valence-corrected chi connectivity index (χ4v) is 1.82. The number of anilines is 1. The summed E-state index contributed by atoms with van der Waals surface area (Å²) in [5.41, 5.74) is 3.32. The minimum Gasteiger partial charge on any atom is -0.480 e. The highest BCUT2D eigenvalue weighted by molar-refractivity contribution is 5.78.